The average molecular weight is 384 g/mol. The molecular formula is C20H37N3O2S. The predicted molar refractivity (Wildman–Crippen MR) is 113 cm³/mol. The lowest BCUT2D eigenvalue weighted by Gasteiger charge is -2.15. The number of amides is 2. The van der Waals surface area contributed by atoms with Crippen LogP contribution in [0.3, 0.4) is 0 Å². The second-order valence-electron chi connectivity index (χ2n) is 7.22. The fraction of sp³-hybridized carbons (Fsp3) is 0.700. The second-order valence-corrected chi connectivity index (χ2v) is 8.30. The van der Waals surface area contributed by atoms with Gasteiger partial charge in [-0.15, -0.1) is 0 Å². The Morgan fingerprint density at radius 2 is 1.73 bits per heavy atom. The number of allylic oxidation sites excluding steroid dienone is 3. The summed E-state index contributed by atoms with van der Waals surface area (Å²) in [5.41, 5.74) is 4.93. The number of hydrogen-bond acceptors (Lipinski definition) is 4. The fourth-order valence-electron chi connectivity index (χ4n) is 2.46. The van der Waals surface area contributed by atoms with Crippen molar-refractivity contribution in [3.63, 3.8) is 0 Å². The highest BCUT2D eigenvalue weighted by molar-refractivity contribution is 7.99. The number of carbonyl (C=O) groups excluding carboxylic acids is 2. The maximum absolute atomic E-state index is 11.6. The zero-order valence-corrected chi connectivity index (χ0v) is 17.9. The number of carbonyl (C=O) groups is 2. The Kier molecular flexibility index (Phi) is 14.1. The third-order valence-electron chi connectivity index (χ3n) is 4.05. The molecule has 0 heterocycles. The molecule has 0 fully saturated rings. The monoisotopic (exact) mass is 383 g/mol. The van der Waals surface area contributed by atoms with Crippen LogP contribution in [0.25, 0.3) is 0 Å². The maximum Gasteiger partial charge on any atom is 0.257 e. The van der Waals surface area contributed by atoms with Crippen LogP contribution in [0.15, 0.2) is 23.3 Å². The first kappa shape index (κ1) is 24.7. The van der Waals surface area contributed by atoms with Gasteiger partial charge in [0.1, 0.15) is 6.04 Å². The highest BCUT2D eigenvalue weighted by Gasteiger charge is 2.17. The molecule has 5 nitrogen and oxygen atoms in total. The molecule has 0 unspecified atom stereocenters. The van der Waals surface area contributed by atoms with E-state index in [-0.39, 0.29) is 11.8 Å². The number of hydrogen-bond donors (Lipinski definition) is 3. The van der Waals surface area contributed by atoms with Gasteiger partial charge in [-0.3, -0.25) is 15.0 Å². The molecule has 0 aliphatic rings. The average Bonchev–Trinajstić information content (AvgIpc) is 2.56. The molecule has 150 valence electrons. The SMILES string of the molecule is CC(=O)N[C@@H](CSC/C=C(\C)CC/C=C(\C)CCCC(C)C)C(=O)NN. The van der Waals surface area contributed by atoms with Crippen LogP contribution in [0.1, 0.15) is 66.7 Å². The molecule has 1 atom stereocenters. The summed E-state index contributed by atoms with van der Waals surface area (Å²) < 4.78 is 0. The van der Waals surface area contributed by atoms with Crippen LogP contribution in [-0.4, -0.2) is 29.4 Å². The molecule has 0 bridgehead atoms. The van der Waals surface area contributed by atoms with Crippen LogP contribution < -0.4 is 16.6 Å². The highest BCUT2D eigenvalue weighted by Crippen LogP contribution is 2.14. The molecule has 6 heteroatoms. The van der Waals surface area contributed by atoms with Crippen LogP contribution in [0.4, 0.5) is 0 Å². The molecule has 0 aromatic heterocycles. The normalized spacial score (nSPS) is 13.7. The molecule has 0 spiro atoms. The Hall–Kier alpha value is -1.27. The molecule has 0 rings (SSSR count). The highest BCUT2D eigenvalue weighted by atomic mass is 32.2. The Balaban J connectivity index is 4.09. The van der Waals surface area contributed by atoms with Crippen molar-refractivity contribution < 1.29 is 9.59 Å². The zero-order chi connectivity index (χ0) is 19.9. The van der Waals surface area contributed by atoms with Crippen LogP contribution in [0.5, 0.6) is 0 Å². The Morgan fingerprint density at radius 1 is 1.08 bits per heavy atom. The first-order valence-corrected chi connectivity index (χ1v) is 10.6. The lowest BCUT2D eigenvalue weighted by Crippen LogP contribution is -2.49. The molecule has 0 aliphatic heterocycles. The van der Waals surface area contributed by atoms with Crippen LogP contribution in [-0.2, 0) is 9.59 Å². The van der Waals surface area contributed by atoms with Gasteiger partial charge in [-0.2, -0.15) is 11.8 Å². The summed E-state index contributed by atoms with van der Waals surface area (Å²) in [5.74, 6) is 6.65. The second kappa shape index (κ2) is 14.9. The Bertz CT molecular complexity index is 487. The van der Waals surface area contributed by atoms with E-state index in [1.165, 1.54) is 37.3 Å². The molecule has 2 amide bonds. The first-order valence-electron chi connectivity index (χ1n) is 9.42. The van der Waals surface area contributed by atoms with Gasteiger partial charge in [0.2, 0.25) is 5.91 Å². The minimum atomic E-state index is -0.590. The van der Waals surface area contributed by atoms with E-state index < -0.39 is 6.04 Å². The number of hydrazine groups is 1. The van der Waals surface area contributed by atoms with E-state index in [9.17, 15) is 9.59 Å². The van der Waals surface area contributed by atoms with Gasteiger partial charge in [0.05, 0.1) is 0 Å². The van der Waals surface area contributed by atoms with Gasteiger partial charge < -0.3 is 5.32 Å². The quantitative estimate of drug-likeness (QED) is 0.149. The zero-order valence-electron chi connectivity index (χ0n) is 17.1. The van der Waals surface area contributed by atoms with E-state index in [4.69, 9.17) is 5.84 Å². The Morgan fingerprint density at radius 3 is 2.31 bits per heavy atom. The van der Waals surface area contributed by atoms with Crippen molar-refractivity contribution in [1.82, 2.24) is 10.7 Å². The lowest BCUT2D eigenvalue weighted by atomic mass is 10.0. The van der Waals surface area contributed by atoms with Gasteiger partial charge in [-0.25, -0.2) is 5.84 Å². The summed E-state index contributed by atoms with van der Waals surface area (Å²) in [4.78, 5) is 22.7. The Labute approximate surface area is 163 Å². The van der Waals surface area contributed by atoms with E-state index in [1.54, 1.807) is 11.8 Å². The van der Waals surface area contributed by atoms with Crippen molar-refractivity contribution in [2.75, 3.05) is 11.5 Å². The van der Waals surface area contributed by atoms with E-state index in [0.717, 1.165) is 24.5 Å². The third kappa shape index (κ3) is 14.0. The summed E-state index contributed by atoms with van der Waals surface area (Å²) in [6, 6.07) is -0.590. The topological polar surface area (TPSA) is 84.2 Å². The molecule has 4 N–H and O–H groups in total. The smallest absolute Gasteiger partial charge is 0.257 e. The summed E-state index contributed by atoms with van der Waals surface area (Å²) in [5, 5.41) is 2.61. The van der Waals surface area contributed by atoms with Crippen LogP contribution in [0.2, 0.25) is 0 Å². The lowest BCUT2D eigenvalue weighted by molar-refractivity contribution is -0.127. The van der Waals surface area contributed by atoms with Crippen molar-refractivity contribution in [2.24, 2.45) is 11.8 Å². The van der Waals surface area contributed by atoms with Crippen molar-refractivity contribution in [2.45, 2.75) is 72.8 Å². The summed E-state index contributed by atoms with van der Waals surface area (Å²) in [6.45, 7) is 10.3. The van der Waals surface area contributed by atoms with Crippen LogP contribution in [0, 0.1) is 5.92 Å². The van der Waals surface area contributed by atoms with Crippen LogP contribution >= 0.6 is 11.8 Å². The maximum atomic E-state index is 11.6. The standard InChI is InChI=1S/C20H37N3O2S/c1-15(2)8-6-9-16(3)10-7-11-17(4)12-13-26-14-19(20(25)23-21)22-18(5)24/h10,12,15,19H,6-9,11,13-14,21H2,1-5H3,(H,22,24)(H,23,25)/b16-10+,17-12+/t19-/m0/s1. The van der Waals surface area contributed by atoms with E-state index >= 15 is 0 Å². The van der Waals surface area contributed by atoms with E-state index in [2.05, 4.69) is 50.6 Å². The minimum absolute atomic E-state index is 0.235. The number of thioether (sulfide) groups is 1. The molecule has 0 radical (unpaired) electrons. The molecule has 0 aliphatic carbocycles. The molecule has 26 heavy (non-hydrogen) atoms. The van der Waals surface area contributed by atoms with Gasteiger partial charge >= 0.3 is 0 Å². The molecule has 0 saturated carbocycles. The predicted octanol–water partition coefficient (Wildman–Crippen LogP) is 3.71. The molecular weight excluding hydrogens is 346 g/mol. The van der Waals surface area contributed by atoms with Crippen molar-refractivity contribution in [3.05, 3.63) is 23.3 Å². The van der Waals surface area contributed by atoms with Gasteiger partial charge in [-0.1, -0.05) is 43.6 Å². The molecule has 0 aromatic carbocycles. The summed E-state index contributed by atoms with van der Waals surface area (Å²) in [6.07, 6.45) is 10.4. The van der Waals surface area contributed by atoms with Gasteiger partial charge in [0, 0.05) is 18.4 Å². The number of nitrogens with one attached hydrogen (secondary N) is 2. The minimum Gasteiger partial charge on any atom is -0.344 e. The van der Waals surface area contributed by atoms with Gasteiger partial charge in [0.25, 0.3) is 5.91 Å². The number of rotatable bonds is 13. The van der Waals surface area contributed by atoms with Gasteiger partial charge in [-0.05, 0) is 45.4 Å². The first-order chi connectivity index (χ1) is 12.3. The molecule has 0 aromatic rings. The van der Waals surface area contributed by atoms with E-state index in [1.807, 2.05) is 0 Å². The molecule has 0 saturated heterocycles. The third-order valence-corrected chi connectivity index (χ3v) is 5.03. The fourth-order valence-corrected chi connectivity index (χ4v) is 3.46. The van der Waals surface area contributed by atoms with Crippen molar-refractivity contribution >= 4 is 23.6 Å². The summed E-state index contributed by atoms with van der Waals surface area (Å²) in [7, 11) is 0. The van der Waals surface area contributed by atoms with E-state index in [0.29, 0.717) is 5.75 Å². The van der Waals surface area contributed by atoms with Crippen molar-refractivity contribution in [1.29, 1.82) is 0 Å². The summed E-state index contributed by atoms with van der Waals surface area (Å²) >= 11 is 1.61. The van der Waals surface area contributed by atoms with Crippen molar-refractivity contribution in [3.8, 4) is 0 Å². The number of nitrogens with two attached hydrogens (primary N) is 1. The largest absolute Gasteiger partial charge is 0.344 e. The van der Waals surface area contributed by atoms with Gasteiger partial charge in [0.15, 0.2) is 0 Å².